The molecule has 4 nitrogen and oxygen atoms in total. The topological polar surface area (TPSA) is 66.4 Å². The molecular formula is C11H10FNO3S2. The first kappa shape index (κ1) is 12.8. The van der Waals surface area contributed by atoms with Crippen molar-refractivity contribution in [3.63, 3.8) is 0 Å². The standard InChI is InChI=1S/C11H10FNO3S2/c1-7-2-5-11(17-7)18(15,16)13-9-6-8(12)3-4-10(9)14/h2-6,13-14H,1H3. The Morgan fingerprint density at radius 2 is 2.00 bits per heavy atom. The van der Waals surface area contributed by atoms with Gasteiger partial charge in [-0.25, -0.2) is 12.8 Å². The monoisotopic (exact) mass is 287 g/mol. The number of nitrogens with one attached hydrogen (secondary N) is 1. The van der Waals surface area contributed by atoms with Crippen LogP contribution in [0.2, 0.25) is 0 Å². The van der Waals surface area contributed by atoms with Crippen molar-refractivity contribution in [1.82, 2.24) is 0 Å². The van der Waals surface area contributed by atoms with Crippen LogP contribution in [0.4, 0.5) is 10.1 Å². The number of hydrogen-bond donors (Lipinski definition) is 2. The summed E-state index contributed by atoms with van der Waals surface area (Å²) in [5, 5.41) is 9.46. The van der Waals surface area contributed by atoms with Gasteiger partial charge < -0.3 is 5.11 Å². The third-order valence-electron chi connectivity index (χ3n) is 2.18. The molecule has 0 spiro atoms. The van der Waals surface area contributed by atoms with Gasteiger partial charge in [-0.2, -0.15) is 0 Å². The van der Waals surface area contributed by atoms with Crippen LogP contribution >= 0.6 is 11.3 Å². The lowest BCUT2D eigenvalue weighted by Crippen LogP contribution is -2.11. The predicted octanol–water partition coefficient (Wildman–Crippen LogP) is 2.70. The average molecular weight is 287 g/mol. The van der Waals surface area contributed by atoms with E-state index in [0.29, 0.717) is 0 Å². The van der Waals surface area contributed by atoms with Crippen LogP contribution in [0.3, 0.4) is 0 Å². The van der Waals surface area contributed by atoms with Crippen molar-refractivity contribution in [2.75, 3.05) is 4.72 Å². The fourth-order valence-electron chi connectivity index (χ4n) is 1.34. The van der Waals surface area contributed by atoms with Gasteiger partial charge in [0.2, 0.25) is 0 Å². The van der Waals surface area contributed by atoms with Crippen LogP contribution < -0.4 is 4.72 Å². The molecule has 0 radical (unpaired) electrons. The van der Waals surface area contributed by atoms with Gasteiger partial charge in [-0.05, 0) is 31.2 Å². The number of benzene rings is 1. The summed E-state index contributed by atoms with van der Waals surface area (Å²) in [5.41, 5.74) is -0.180. The van der Waals surface area contributed by atoms with E-state index in [0.717, 1.165) is 34.4 Å². The lowest BCUT2D eigenvalue weighted by atomic mass is 10.3. The molecule has 0 aliphatic heterocycles. The van der Waals surface area contributed by atoms with Crippen molar-refractivity contribution in [2.24, 2.45) is 0 Å². The molecule has 96 valence electrons. The van der Waals surface area contributed by atoms with Gasteiger partial charge >= 0.3 is 0 Å². The zero-order valence-corrected chi connectivity index (χ0v) is 11.0. The zero-order chi connectivity index (χ0) is 13.3. The van der Waals surface area contributed by atoms with Crippen LogP contribution in [0.5, 0.6) is 5.75 Å². The fourth-order valence-corrected chi connectivity index (χ4v) is 3.69. The highest BCUT2D eigenvalue weighted by Crippen LogP contribution is 2.28. The Morgan fingerprint density at radius 1 is 1.28 bits per heavy atom. The second-order valence-corrected chi connectivity index (χ2v) is 6.83. The number of aromatic hydroxyl groups is 1. The van der Waals surface area contributed by atoms with E-state index in [1.54, 1.807) is 13.0 Å². The Kier molecular flexibility index (Phi) is 3.27. The van der Waals surface area contributed by atoms with Crippen LogP contribution in [-0.2, 0) is 10.0 Å². The van der Waals surface area contributed by atoms with E-state index in [2.05, 4.69) is 4.72 Å². The Labute approximate surface area is 108 Å². The van der Waals surface area contributed by atoms with Gasteiger partial charge in [-0.1, -0.05) is 0 Å². The fraction of sp³-hybridized carbons (Fsp3) is 0.0909. The summed E-state index contributed by atoms with van der Waals surface area (Å²) in [6, 6.07) is 6.19. The van der Waals surface area contributed by atoms with E-state index in [1.165, 1.54) is 6.07 Å². The molecular weight excluding hydrogens is 277 g/mol. The smallest absolute Gasteiger partial charge is 0.271 e. The summed E-state index contributed by atoms with van der Waals surface area (Å²) in [6.07, 6.45) is 0. The predicted molar refractivity (Wildman–Crippen MR) is 67.9 cm³/mol. The highest BCUT2D eigenvalue weighted by molar-refractivity contribution is 7.94. The van der Waals surface area contributed by atoms with E-state index >= 15 is 0 Å². The average Bonchev–Trinajstić information content (AvgIpc) is 2.71. The molecule has 7 heteroatoms. The number of phenols is 1. The van der Waals surface area contributed by atoms with Gasteiger partial charge in [0.1, 0.15) is 15.8 Å². The third-order valence-corrected chi connectivity index (χ3v) is 5.04. The maximum atomic E-state index is 13.0. The van der Waals surface area contributed by atoms with E-state index in [4.69, 9.17) is 0 Å². The third kappa shape index (κ3) is 2.62. The summed E-state index contributed by atoms with van der Waals surface area (Å²) in [7, 11) is -3.79. The maximum Gasteiger partial charge on any atom is 0.271 e. The Hall–Kier alpha value is -1.60. The number of sulfonamides is 1. The SMILES string of the molecule is Cc1ccc(S(=O)(=O)Nc2cc(F)ccc2O)s1. The van der Waals surface area contributed by atoms with Crippen LogP contribution in [0.1, 0.15) is 4.88 Å². The van der Waals surface area contributed by atoms with Crippen molar-refractivity contribution in [3.8, 4) is 5.75 Å². The minimum absolute atomic E-state index is 0.115. The quantitative estimate of drug-likeness (QED) is 0.853. The van der Waals surface area contributed by atoms with Crippen molar-refractivity contribution in [2.45, 2.75) is 11.1 Å². The number of hydrogen-bond acceptors (Lipinski definition) is 4. The van der Waals surface area contributed by atoms with Crippen molar-refractivity contribution < 1.29 is 17.9 Å². The molecule has 18 heavy (non-hydrogen) atoms. The van der Waals surface area contributed by atoms with E-state index in [1.807, 2.05) is 0 Å². The molecule has 0 fully saturated rings. The van der Waals surface area contributed by atoms with Gasteiger partial charge in [0, 0.05) is 10.9 Å². The molecule has 0 aliphatic rings. The lowest BCUT2D eigenvalue weighted by molar-refractivity contribution is 0.475. The van der Waals surface area contributed by atoms with E-state index in [-0.39, 0.29) is 15.6 Å². The Balaban J connectivity index is 2.36. The molecule has 1 aromatic carbocycles. The van der Waals surface area contributed by atoms with Crippen LogP contribution in [0.15, 0.2) is 34.5 Å². The molecule has 0 aliphatic carbocycles. The number of aryl methyl sites for hydroxylation is 1. The summed E-state index contributed by atoms with van der Waals surface area (Å²) in [4.78, 5) is 0.846. The molecule has 0 amide bonds. The van der Waals surface area contributed by atoms with Crippen LogP contribution in [-0.4, -0.2) is 13.5 Å². The number of halogens is 1. The number of thiophene rings is 1. The largest absolute Gasteiger partial charge is 0.506 e. The molecule has 0 unspecified atom stereocenters. The number of phenolic OH excluding ortho intramolecular Hbond substituents is 1. The van der Waals surface area contributed by atoms with Crippen molar-refractivity contribution in [3.05, 3.63) is 41.0 Å². The van der Waals surface area contributed by atoms with Gasteiger partial charge in [0.15, 0.2) is 0 Å². The number of anilines is 1. The molecule has 2 N–H and O–H groups in total. The first-order valence-corrected chi connectivity index (χ1v) is 7.26. The molecule has 0 atom stereocenters. The molecule has 0 saturated carbocycles. The summed E-state index contributed by atoms with van der Waals surface area (Å²) in [5.74, 6) is -0.957. The molecule has 0 bridgehead atoms. The highest BCUT2D eigenvalue weighted by Gasteiger charge is 2.18. The van der Waals surface area contributed by atoms with Crippen molar-refractivity contribution in [1.29, 1.82) is 0 Å². The lowest BCUT2D eigenvalue weighted by Gasteiger charge is -2.07. The Morgan fingerprint density at radius 3 is 2.61 bits per heavy atom. The minimum Gasteiger partial charge on any atom is -0.506 e. The summed E-state index contributed by atoms with van der Waals surface area (Å²) in [6.45, 7) is 1.78. The minimum atomic E-state index is -3.79. The first-order valence-electron chi connectivity index (χ1n) is 4.96. The molecule has 1 heterocycles. The normalized spacial score (nSPS) is 11.4. The summed E-state index contributed by atoms with van der Waals surface area (Å²) >= 11 is 1.10. The molecule has 0 saturated heterocycles. The van der Waals surface area contributed by atoms with Gasteiger partial charge in [0.25, 0.3) is 10.0 Å². The molecule has 2 aromatic rings. The van der Waals surface area contributed by atoms with Gasteiger partial charge in [-0.3, -0.25) is 4.72 Å². The zero-order valence-electron chi connectivity index (χ0n) is 9.34. The first-order chi connectivity index (χ1) is 8.38. The molecule has 1 aromatic heterocycles. The number of rotatable bonds is 3. The van der Waals surface area contributed by atoms with Gasteiger partial charge in [0.05, 0.1) is 5.69 Å². The van der Waals surface area contributed by atoms with Crippen LogP contribution in [0.25, 0.3) is 0 Å². The highest BCUT2D eigenvalue weighted by atomic mass is 32.2. The summed E-state index contributed by atoms with van der Waals surface area (Å²) < 4.78 is 39.1. The van der Waals surface area contributed by atoms with Crippen LogP contribution in [0, 0.1) is 12.7 Å². The second kappa shape index (κ2) is 4.58. The maximum absolute atomic E-state index is 13.0. The van der Waals surface area contributed by atoms with Gasteiger partial charge in [-0.15, -0.1) is 11.3 Å². The second-order valence-electron chi connectivity index (χ2n) is 3.63. The van der Waals surface area contributed by atoms with Crippen molar-refractivity contribution >= 4 is 27.0 Å². The Bertz CT molecular complexity index is 679. The molecule has 2 rings (SSSR count). The van der Waals surface area contributed by atoms with E-state index in [9.17, 15) is 17.9 Å². The van der Waals surface area contributed by atoms with E-state index < -0.39 is 15.8 Å².